The lowest BCUT2D eigenvalue weighted by Crippen LogP contribution is -2.17. The molecule has 0 N–H and O–H groups in total. The molecule has 78 valence electrons. The summed E-state index contributed by atoms with van der Waals surface area (Å²) in [6.45, 7) is 1.69. The molecule has 0 saturated heterocycles. The van der Waals surface area contributed by atoms with Crippen LogP contribution >= 0.6 is 23.2 Å². The molecule has 0 spiro atoms. The van der Waals surface area contributed by atoms with Gasteiger partial charge in [-0.2, -0.15) is 0 Å². The fourth-order valence-electron chi connectivity index (χ4n) is 1.40. The summed E-state index contributed by atoms with van der Waals surface area (Å²) in [5.74, 6) is -1.29. The number of halogens is 3. The van der Waals surface area contributed by atoms with Crippen LogP contribution in [0.5, 0.6) is 0 Å². The van der Waals surface area contributed by atoms with E-state index < -0.39 is 5.82 Å². The largest absolute Gasteiger partial charge is 0.293 e. The van der Waals surface area contributed by atoms with Crippen LogP contribution < -0.4 is 0 Å². The zero-order chi connectivity index (χ0) is 11.2. The molecular formula is C10H6Cl2FNO. The molecule has 1 aromatic rings. The van der Waals surface area contributed by atoms with E-state index in [2.05, 4.69) is 4.99 Å². The van der Waals surface area contributed by atoms with E-state index in [1.165, 1.54) is 12.3 Å². The highest BCUT2D eigenvalue weighted by molar-refractivity contribution is 6.42. The molecule has 2 rings (SSSR count). The molecule has 1 aliphatic rings. The van der Waals surface area contributed by atoms with Crippen LogP contribution in [0.3, 0.4) is 0 Å². The molecule has 0 aromatic heterocycles. The molecule has 1 unspecified atom stereocenters. The number of benzene rings is 1. The van der Waals surface area contributed by atoms with Gasteiger partial charge in [0, 0.05) is 11.8 Å². The van der Waals surface area contributed by atoms with Crippen molar-refractivity contribution in [2.45, 2.75) is 6.92 Å². The van der Waals surface area contributed by atoms with E-state index in [1.54, 1.807) is 6.92 Å². The van der Waals surface area contributed by atoms with E-state index in [0.29, 0.717) is 0 Å². The second-order valence-corrected chi connectivity index (χ2v) is 4.10. The minimum absolute atomic E-state index is 0.0208. The minimum atomic E-state index is -0.740. The summed E-state index contributed by atoms with van der Waals surface area (Å²) in [6, 6.07) is 1.36. The average molecular weight is 246 g/mol. The third kappa shape index (κ3) is 1.56. The predicted molar refractivity (Wildman–Crippen MR) is 58.1 cm³/mol. The van der Waals surface area contributed by atoms with E-state index in [0.717, 1.165) is 0 Å². The lowest BCUT2D eigenvalue weighted by Gasteiger charge is -2.15. The van der Waals surface area contributed by atoms with Crippen LogP contribution in [0.4, 0.5) is 10.1 Å². The molecule has 1 aromatic carbocycles. The molecule has 2 nitrogen and oxygen atoms in total. The molecule has 5 heteroatoms. The number of carbonyl (C=O) groups excluding carboxylic acids is 1. The topological polar surface area (TPSA) is 29.4 Å². The second kappa shape index (κ2) is 3.58. The van der Waals surface area contributed by atoms with Crippen molar-refractivity contribution in [1.29, 1.82) is 0 Å². The number of ketones is 1. The van der Waals surface area contributed by atoms with Crippen LogP contribution in [0.15, 0.2) is 11.1 Å². The monoisotopic (exact) mass is 245 g/mol. The summed E-state index contributed by atoms with van der Waals surface area (Å²) < 4.78 is 13.6. The average Bonchev–Trinajstić information content (AvgIpc) is 2.21. The molecule has 0 aliphatic carbocycles. The van der Waals surface area contributed by atoms with Gasteiger partial charge in [-0.05, 0) is 6.07 Å². The Morgan fingerprint density at radius 2 is 2.13 bits per heavy atom. The molecule has 0 amide bonds. The molecular weight excluding hydrogens is 240 g/mol. The first-order valence-corrected chi connectivity index (χ1v) is 5.04. The highest BCUT2D eigenvalue weighted by atomic mass is 35.5. The Morgan fingerprint density at radius 1 is 1.47 bits per heavy atom. The minimum Gasteiger partial charge on any atom is -0.293 e. The Morgan fingerprint density at radius 3 is 2.80 bits per heavy atom. The van der Waals surface area contributed by atoms with Gasteiger partial charge in [0.2, 0.25) is 0 Å². The van der Waals surface area contributed by atoms with Gasteiger partial charge in [0.15, 0.2) is 11.6 Å². The lowest BCUT2D eigenvalue weighted by atomic mass is 9.96. The van der Waals surface area contributed by atoms with Gasteiger partial charge in [-0.3, -0.25) is 9.79 Å². The lowest BCUT2D eigenvalue weighted by molar-refractivity contribution is 0.0962. The van der Waals surface area contributed by atoms with Gasteiger partial charge >= 0.3 is 0 Å². The number of aliphatic imine (C=N–C) groups is 1. The van der Waals surface area contributed by atoms with E-state index in [4.69, 9.17) is 23.2 Å². The Balaban J connectivity index is 2.74. The van der Waals surface area contributed by atoms with Crippen LogP contribution in [0.2, 0.25) is 10.0 Å². The summed E-state index contributed by atoms with van der Waals surface area (Å²) in [6.07, 6.45) is 1.40. The third-order valence-corrected chi connectivity index (χ3v) is 3.01. The van der Waals surface area contributed by atoms with Crippen molar-refractivity contribution in [2.24, 2.45) is 10.9 Å². The summed E-state index contributed by atoms with van der Waals surface area (Å²) in [7, 11) is 0. The van der Waals surface area contributed by atoms with Gasteiger partial charge in [0.1, 0.15) is 5.69 Å². The zero-order valence-corrected chi connectivity index (χ0v) is 9.23. The zero-order valence-electron chi connectivity index (χ0n) is 7.72. The van der Waals surface area contributed by atoms with Gasteiger partial charge < -0.3 is 0 Å². The first-order chi connectivity index (χ1) is 7.02. The Kier molecular flexibility index (Phi) is 2.52. The summed E-state index contributed by atoms with van der Waals surface area (Å²) in [5.41, 5.74) is 0.171. The molecule has 0 saturated carbocycles. The van der Waals surface area contributed by atoms with Crippen molar-refractivity contribution in [3.8, 4) is 0 Å². The molecule has 1 atom stereocenters. The van der Waals surface area contributed by atoms with Crippen LogP contribution in [-0.4, -0.2) is 12.0 Å². The maximum absolute atomic E-state index is 13.6. The van der Waals surface area contributed by atoms with Crippen molar-refractivity contribution >= 4 is 40.9 Å². The Labute approximate surface area is 95.7 Å². The number of fused-ring (bicyclic) bond motifs is 1. The first kappa shape index (κ1) is 10.6. The van der Waals surface area contributed by atoms with E-state index >= 15 is 0 Å². The number of hydrogen-bond acceptors (Lipinski definition) is 2. The van der Waals surface area contributed by atoms with Gasteiger partial charge in [-0.25, -0.2) is 4.39 Å². The van der Waals surface area contributed by atoms with Crippen LogP contribution in [0.25, 0.3) is 0 Å². The normalized spacial score (nSPS) is 19.2. The van der Waals surface area contributed by atoms with E-state index in [-0.39, 0.29) is 33.0 Å². The number of nitrogens with zero attached hydrogens (tertiary/aromatic N) is 1. The van der Waals surface area contributed by atoms with Crippen molar-refractivity contribution in [2.75, 3.05) is 0 Å². The predicted octanol–water partition coefficient (Wildman–Crippen LogP) is 3.67. The standard InChI is InChI=1S/C10H6Cl2FNO/c1-4-3-14-9-5(10(4)15)2-6(11)7(12)8(9)13/h2-4H,1H3. The van der Waals surface area contributed by atoms with Crippen molar-refractivity contribution in [3.05, 3.63) is 27.5 Å². The van der Waals surface area contributed by atoms with Crippen molar-refractivity contribution in [3.63, 3.8) is 0 Å². The number of rotatable bonds is 0. The first-order valence-electron chi connectivity index (χ1n) is 4.28. The smallest absolute Gasteiger partial charge is 0.173 e. The molecule has 0 fully saturated rings. The van der Waals surface area contributed by atoms with E-state index in [9.17, 15) is 9.18 Å². The molecule has 0 bridgehead atoms. The van der Waals surface area contributed by atoms with Gasteiger partial charge in [0.25, 0.3) is 0 Å². The summed E-state index contributed by atoms with van der Waals surface area (Å²) in [5, 5.41) is -0.166. The van der Waals surface area contributed by atoms with Crippen LogP contribution in [0, 0.1) is 11.7 Å². The highest BCUT2D eigenvalue weighted by Crippen LogP contribution is 2.37. The molecule has 1 heterocycles. The van der Waals surface area contributed by atoms with Crippen LogP contribution in [0.1, 0.15) is 17.3 Å². The van der Waals surface area contributed by atoms with E-state index in [1.807, 2.05) is 0 Å². The quantitative estimate of drug-likeness (QED) is 0.642. The third-order valence-electron chi connectivity index (χ3n) is 2.24. The SMILES string of the molecule is CC1C=Nc2c(cc(Cl)c(Cl)c2F)C1=O. The highest BCUT2D eigenvalue weighted by Gasteiger charge is 2.26. The maximum atomic E-state index is 13.6. The van der Waals surface area contributed by atoms with Crippen LogP contribution in [-0.2, 0) is 0 Å². The van der Waals surface area contributed by atoms with Crippen molar-refractivity contribution in [1.82, 2.24) is 0 Å². The molecule has 15 heavy (non-hydrogen) atoms. The molecule has 1 aliphatic heterocycles. The summed E-state index contributed by atoms with van der Waals surface area (Å²) >= 11 is 11.3. The number of carbonyl (C=O) groups is 1. The fourth-order valence-corrected chi connectivity index (χ4v) is 1.73. The fraction of sp³-hybridized carbons (Fsp3) is 0.200. The number of Topliss-reactive ketones (excluding diaryl/α,β-unsaturated/α-hetero) is 1. The van der Waals surface area contributed by atoms with Gasteiger partial charge in [-0.15, -0.1) is 0 Å². The van der Waals surface area contributed by atoms with Gasteiger partial charge in [0.05, 0.1) is 16.0 Å². The van der Waals surface area contributed by atoms with Crippen molar-refractivity contribution < 1.29 is 9.18 Å². The number of hydrogen-bond donors (Lipinski definition) is 0. The Bertz CT molecular complexity index is 485. The maximum Gasteiger partial charge on any atom is 0.173 e. The molecule has 0 radical (unpaired) electrons. The Hall–Kier alpha value is -0.930. The summed E-state index contributed by atoms with van der Waals surface area (Å²) in [4.78, 5) is 15.5. The second-order valence-electron chi connectivity index (χ2n) is 3.31. The van der Waals surface area contributed by atoms with Gasteiger partial charge in [-0.1, -0.05) is 30.1 Å².